The predicted octanol–water partition coefficient (Wildman–Crippen LogP) is 3.48. The number of rotatable bonds is 4. The van der Waals surface area contributed by atoms with Crippen LogP contribution in [0.2, 0.25) is 0 Å². The van der Waals surface area contributed by atoms with Crippen molar-refractivity contribution >= 4 is 33.6 Å². The summed E-state index contributed by atoms with van der Waals surface area (Å²) >= 11 is 3.44. The summed E-state index contributed by atoms with van der Waals surface area (Å²) in [4.78, 5) is 24.5. The molecular formula is C15H19BrN2O3. The Morgan fingerprint density at radius 3 is 2.90 bits per heavy atom. The van der Waals surface area contributed by atoms with Crippen molar-refractivity contribution in [3.63, 3.8) is 0 Å². The zero-order chi connectivity index (χ0) is 15.4. The van der Waals surface area contributed by atoms with Crippen LogP contribution in [0.3, 0.4) is 0 Å². The highest BCUT2D eigenvalue weighted by molar-refractivity contribution is 9.10. The van der Waals surface area contributed by atoms with Gasteiger partial charge < -0.3 is 15.3 Å². The number of hydrogen-bond donors (Lipinski definition) is 2. The van der Waals surface area contributed by atoms with Gasteiger partial charge in [0.2, 0.25) is 0 Å². The summed E-state index contributed by atoms with van der Waals surface area (Å²) in [5.41, 5.74) is 1.87. The number of hydrogen-bond acceptors (Lipinski definition) is 2. The fourth-order valence-corrected chi connectivity index (χ4v) is 3.09. The van der Waals surface area contributed by atoms with Crippen molar-refractivity contribution in [3.05, 3.63) is 28.2 Å². The van der Waals surface area contributed by atoms with Crippen LogP contribution in [-0.4, -0.2) is 35.1 Å². The first-order valence-corrected chi connectivity index (χ1v) is 7.79. The maximum Gasteiger partial charge on any atom is 0.321 e. The second-order valence-corrected chi connectivity index (χ2v) is 6.30. The number of carboxylic acid groups (broad SMARTS) is 1. The van der Waals surface area contributed by atoms with Crippen LogP contribution in [-0.2, 0) is 4.79 Å². The van der Waals surface area contributed by atoms with Crippen molar-refractivity contribution in [2.75, 3.05) is 18.4 Å². The van der Waals surface area contributed by atoms with Crippen molar-refractivity contribution < 1.29 is 14.7 Å². The van der Waals surface area contributed by atoms with Crippen LogP contribution >= 0.6 is 15.9 Å². The fraction of sp³-hybridized carbons (Fsp3) is 0.467. The number of likely N-dealkylation sites (tertiary alicyclic amines) is 1. The molecule has 0 spiro atoms. The molecule has 6 heteroatoms. The minimum atomic E-state index is -0.776. The minimum Gasteiger partial charge on any atom is -0.481 e. The molecular weight excluding hydrogens is 336 g/mol. The third-order valence-corrected chi connectivity index (χ3v) is 4.36. The first-order chi connectivity index (χ1) is 9.95. The molecule has 0 aromatic heterocycles. The molecule has 2 N–H and O–H groups in total. The summed E-state index contributed by atoms with van der Waals surface area (Å²) in [6, 6.07) is 5.64. The van der Waals surface area contributed by atoms with E-state index in [2.05, 4.69) is 21.2 Å². The molecule has 0 aliphatic carbocycles. The predicted molar refractivity (Wildman–Crippen MR) is 84.4 cm³/mol. The molecule has 2 rings (SSSR count). The third kappa shape index (κ3) is 4.46. The van der Waals surface area contributed by atoms with Gasteiger partial charge in [0.15, 0.2) is 0 Å². The topological polar surface area (TPSA) is 69.6 Å². The van der Waals surface area contributed by atoms with Crippen LogP contribution in [0.5, 0.6) is 0 Å². The molecule has 1 atom stereocenters. The molecule has 1 aliphatic heterocycles. The van der Waals surface area contributed by atoms with Gasteiger partial charge in [-0.3, -0.25) is 4.79 Å². The molecule has 0 saturated carbocycles. The maximum atomic E-state index is 12.2. The molecule has 0 radical (unpaired) electrons. The number of carbonyl (C=O) groups excluding carboxylic acids is 1. The number of carbonyl (C=O) groups is 2. The normalized spacial score (nSPS) is 17.8. The lowest BCUT2D eigenvalue weighted by atomic mass is 10.0. The Hall–Kier alpha value is -1.56. The maximum absolute atomic E-state index is 12.2. The molecule has 1 fully saturated rings. The van der Waals surface area contributed by atoms with E-state index in [4.69, 9.17) is 5.11 Å². The molecule has 1 unspecified atom stereocenters. The van der Waals surface area contributed by atoms with Gasteiger partial charge in [-0.1, -0.05) is 6.07 Å². The number of aryl methyl sites for hydroxylation is 1. The number of nitrogens with zero attached hydrogens (tertiary/aromatic N) is 1. The molecule has 2 amide bonds. The van der Waals surface area contributed by atoms with Crippen LogP contribution in [0.1, 0.15) is 24.8 Å². The molecule has 114 valence electrons. The SMILES string of the molecule is Cc1ccc(NC(=O)N2CCC(CCC(=O)O)C2)c(Br)c1. The first-order valence-electron chi connectivity index (χ1n) is 6.99. The number of carboxylic acids is 1. The van der Waals surface area contributed by atoms with E-state index in [1.165, 1.54) is 0 Å². The summed E-state index contributed by atoms with van der Waals surface area (Å²) in [7, 11) is 0. The van der Waals surface area contributed by atoms with Crippen molar-refractivity contribution in [2.24, 2.45) is 5.92 Å². The molecule has 21 heavy (non-hydrogen) atoms. The van der Waals surface area contributed by atoms with Crippen LogP contribution in [0, 0.1) is 12.8 Å². The quantitative estimate of drug-likeness (QED) is 0.869. The number of aliphatic carboxylic acids is 1. The number of urea groups is 1. The van der Waals surface area contributed by atoms with E-state index in [1.807, 2.05) is 25.1 Å². The van der Waals surface area contributed by atoms with Gasteiger partial charge in [-0.25, -0.2) is 4.79 Å². The van der Waals surface area contributed by atoms with Gasteiger partial charge in [-0.2, -0.15) is 0 Å². The van der Waals surface area contributed by atoms with E-state index in [0.29, 0.717) is 19.5 Å². The Kier molecular flexibility index (Phi) is 5.22. The molecule has 1 aromatic rings. The summed E-state index contributed by atoms with van der Waals surface area (Å²) in [5, 5.41) is 11.6. The third-order valence-electron chi connectivity index (χ3n) is 3.71. The van der Waals surface area contributed by atoms with Crippen molar-refractivity contribution in [2.45, 2.75) is 26.2 Å². The Morgan fingerprint density at radius 1 is 1.48 bits per heavy atom. The highest BCUT2D eigenvalue weighted by Crippen LogP contribution is 2.25. The van der Waals surface area contributed by atoms with Crippen LogP contribution in [0.4, 0.5) is 10.5 Å². The van der Waals surface area contributed by atoms with E-state index in [1.54, 1.807) is 4.90 Å². The largest absolute Gasteiger partial charge is 0.481 e. The Bertz CT molecular complexity index is 548. The van der Waals surface area contributed by atoms with Gasteiger partial charge >= 0.3 is 12.0 Å². The number of nitrogens with one attached hydrogen (secondary N) is 1. The molecule has 5 nitrogen and oxygen atoms in total. The standard InChI is InChI=1S/C15H19BrN2O3/c1-10-2-4-13(12(16)8-10)17-15(21)18-7-6-11(9-18)3-5-14(19)20/h2,4,8,11H,3,5-7,9H2,1H3,(H,17,21)(H,19,20). The van der Waals surface area contributed by atoms with E-state index in [9.17, 15) is 9.59 Å². The smallest absolute Gasteiger partial charge is 0.321 e. The number of amides is 2. The van der Waals surface area contributed by atoms with Crippen molar-refractivity contribution in [1.29, 1.82) is 0 Å². The average molecular weight is 355 g/mol. The highest BCUT2D eigenvalue weighted by Gasteiger charge is 2.26. The van der Waals surface area contributed by atoms with Gasteiger partial charge in [-0.05, 0) is 59.3 Å². The summed E-state index contributed by atoms with van der Waals surface area (Å²) in [5.74, 6) is -0.491. The fourth-order valence-electron chi connectivity index (χ4n) is 2.50. The summed E-state index contributed by atoms with van der Waals surface area (Å²) < 4.78 is 0.859. The highest BCUT2D eigenvalue weighted by atomic mass is 79.9. The van der Waals surface area contributed by atoms with Crippen LogP contribution < -0.4 is 5.32 Å². The second-order valence-electron chi connectivity index (χ2n) is 5.45. The van der Waals surface area contributed by atoms with Gasteiger partial charge in [0.1, 0.15) is 0 Å². The van der Waals surface area contributed by atoms with Gasteiger partial charge in [0.05, 0.1) is 5.69 Å². The summed E-state index contributed by atoms with van der Waals surface area (Å²) in [6.07, 6.45) is 1.67. The average Bonchev–Trinajstić information content (AvgIpc) is 2.88. The first kappa shape index (κ1) is 15.8. The van der Waals surface area contributed by atoms with Crippen LogP contribution in [0.25, 0.3) is 0 Å². The second kappa shape index (κ2) is 6.93. The lowest BCUT2D eigenvalue weighted by molar-refractivity contribution is -0.137. The van der Waals surface area contributed by atoms with Crippen molar-refractivity contribution in [3.8, 4) is 0 Å². The van der Waals surface area contributed by atoms with Gasteiger partial charge in [-0.15, -0.1) is 0 Å². The molecule has 1 saturated heterocycles. The monoisotopic (exact) mass is 354 g/mol. The van der Waals surface area contributed by atoms with E-state index >= 15 is 0 Å². The zero-order valence-corrected chi connectivity index (χ0v) is 13.5. The molecule has 1 aromatic carbocycles. The number of anilines is 1. The Morgan fingerprint density at radius 2 is 2.24 bits per heavy atom. The Balaban J connectivity index is 1.88. The van der Waals surface area contributed by atoms with Crippen LogP contribution in [0.15, 0.2) is 22.7 Å². The lowest BCUT2D eigenvalue weighted by Gasteiger charge is -2.18. The van der Waals surface area contributed by atoms with Gasteiger partial charge in [0.25, 0.3) is 0 Å². The van der Waals surface area contributed by atoms with Gasteiger partial charge in [0, 0.05) is 24.0 Å². The summed E-state index contributed by atoms with van der Waals surface area (Å²) in [6.45, 7) is 3.30. The molecule has 0 bridgehead atoms. The number of benzene rings is 1. The molecule has 1 aliphatic rings. The van der Waals surface area contributed by atoms with E-state index < -0.39 is 5.97 Å². The Labute approximate surface area is 132 Å². The molecule has 1 heterocycles. The lowest BCUT2D eigenvalue weighted by Crippen LogP contribution is -2.33. The van der Waals surface area contributed by atoms with Crippen molar-refractivity contribution in [1.82, 2.24) is 4.90 Å². The van der Waals surface area contributed by atoms with E-state index in [-0.39, 0.29) is 18.4 Å². The zero-order valence-electron chi connectivity index (χ0n) is 11.9. The van der Waals surface area contributed by atoms with E-state index in [0.717, 1.165) is 22.1 Å². The number of halogens is 1. The minimum absolute atomic E-state index is 0.127.